The van der Waals surface area contributed by atoms with Crippen molar-refractivity contribution in [3.05, 3.63) is 40.5 Å². The van der Waals surface area contributed by atoms with Crippen molar-refractivity contribution in [1.82, 2.24) is 14.8 Å². The molecule has 1 fully saturated rings. The molecule has 7 heteroatoms. The number of rotatable bonds is 4. The summed E-state index contributed by atoms with van der Waals surface area (Å²) < 4.78 is 2.07. The van der Waals surface area contributed by atoms with Crippen molar-refractivity contribution in [2.75, 3.05) is 5.32 Å². The van der Waals surface area contributed by atoms with Gasteiger partial charge in [0.15, 0.2) is 5.01 Å². The zero-order valence-electron chi connectivity index (χ0n) is 16.5. The van der Waals surface area contributed by atoms with Gasteiger partial charge in [-0.1, -0.05) is 6.92 Å². The van der Waals surface area contributed by atoms with Gasteiger partial charge in [-0.05, 0) is 57.6 Å². The molecular weight excluding hydrogens is 372 g/mol. The third-order valence-corrected chi connectivity index (χ3v) is 6.33. The number of carbonyl (C=O) groups excluding carboxylic acids is 1. The Morgan fingerprint density at radius 3 is 2.68 bits per heavy atom. The summed E-state index contributed by atoms with van der Waals surface area (Å²) in [5, 5.41) is 21.5. The molecule has 2 heterocycles. The van der Waals surface area contributed by atoms with Gasteiger partial charge in [0.25, 0.3) is 5.91 Å². The van der Waals surface area contributed by atoms with E-state index in [9.17, 15) is 9.90 Å². The first-order chi connectivity index (χ1) is 13.3. The SMILES string of the molecule is CC(C)(O)c1cc2nn([C@H]3CC[C@H](C)CC3)cc2cc1NC(=O)c1nccs1. The van der Waals surface area contributed by atoms with Gasteiger partial charge >= 0.3 is 0 Å². The first-order valence-corrected chi connectivity index (χ1v) is 10.7. The van der Waals surface area contributed by atoms with Crippen molar-refractivity contribution in [3.8, 4) is 0 Å². The highest BCUT2D eigenvalue weighted by Crippen LogP contribution is 2.35. The molecule has 28 heavy (non-hydrogen) atoms. The molecule has 1 amide bonds. The van der Waals surface area contributed by atoms with Crippen LogP contribution in [0.3, 0.4) is 0 Å². The maximum atomic E-state index is 12.5. The van der Waals surface area contributed by atoms with E-state index in [0.717, 1.165) is 29.7 Å². The van der Waals surface area contributed by atoms with Gasteiger partial charge in [0.05, 0.1) is 17.2 Å². The van der Waals surface area contributed by atoms with Crippen molar-refractivity contribution < 1.29 is 9.90 Å². The molecule has 0 radical (unpaired) electrons. The second kappa shape index (κ2) is 7.29. The van der Waals surface area contributed by atoms with Crippen LogP contribution in [0.4, 0.5) is 5.69 Å². The Morgan fingerprint density at radius 1 is 1.29 bits per heavy atom. The minimum absolute atomic E-state index is 0.270. The molecule has 6 nitrogen and oxygen atoms in total. The summed E-state index contributed by atoms with van der Waals surface area (Å²) in [6, 6.07) is 4.21. The van der Waals surface area contributed by atoms with E-state index in [1.54, 1.807) is 25.4 Å². The predicted molar refractivity (Wildman–Crippen MR) is 112 cm³/mol. The van der Waals surface area contributed by atoms with E-state index in [0.29, 0.717) is 22.3 Å². The standard InChI is InChI=1S/C21H26N4O2S/c1-13-4-6-15(7-5-13)25-12-14-10-18(23-19(26)20-22-8-9-28-20)16(21(2,3)27)11-17(14)24-25/h8-13,15,27H,4-7H2,1-3H3,(H,23,26)/t13-,15-. The van der Waals surface area contributed by atoms with E-state index >= 15 is 0 Å². The van der Waals surface area contributed by atoms with Crippen molar-refractivity contribution in [2.45, 2.75) is 58.1 Å². The van der Waals surface area contributed by atoms with Crippen LogP contribution >= 0.6 is 11.3 Å². The van der Waals surface area contributed by atoms with E-state index < -0.39 is 5.60 Å². The summed E-state index contributed by atoms with van der Waals surface area (Å²) in [4.78, 5) is 16.6. The number of aliphatic hydroxyl groups is 1. The van der Waals surface area contributed by atoms with Gasteiger partial charge in [0.1, 0.15) is 0 Å². The summed E-state index contributed by atoms with van der Waals surface area (Å²) in [5.41, 5.74) is 0.969. The van der Waals surface area contributed by atoms with Crippen molar-refractivity contribution in [1.29, 1.82) is 0 Å². The van der Waals surface area contributed by atoms with E-state index in [1.165, 1.54) is 24.2 Å². The smallest absolute Gasteiger partial charge is 0.284 e. The number of nitrogens with one attached hydrogen (secondary N) is 1. The Kier molecular flexibility index (Phi) is 4.97. The van der Waals surface area contributed by atoms with Crippen LogP contribution in [0, 0.1) is 5.92 Å². The number of nitrogens with zero attached hydrogens (tertiary/aromatic N) is 3. The molecule has 148 valence electrons. The Morgan fingerprint density at radius 2 is 2.04 bits per heavy atom. The van der Waals surface area contributed by atoms with Crippen molar-refractivity contribution >= 4 is 33.8 Å². The molecule has 1 saturated carbocycles. The molecule has 1 aliphatic rings. The zero-order valence-corrected chi connectivity index (χ0v) is 17.3. The van der Waals surface area contributed by atoms with Gasteiger partial charge in [-0.25, -0.2) is 4.98 Å². The molecule has 0 aliphatic heterocycles. The Labute approximate surface area is 168 Å². The number of fused-ring (bicyclic) bond motifs is 1. The number of hydrogen-bond acceptors (Lipinski definition) is 5. The van der Waals surface area contributed by atoms with Crippen LogP contribution in [0.25, 0.3) is 10.9 Å². The second-order valence-corrected chi connectivity index (χ2v) is 9.22. The summed E-state index contributed by atoms with van der Waals surface area (Å²) in [7, 11) is 0. The molecule has 0 unspecified atom stereocenters. The molecule has 3 aromatic rings. The van der Waals surface area contributed by atoms with Gasteiger partial charge in [0, 0.05) is 34.4 Å². The molecule has 4 rings (SSSR count). The summed E-state index contributed by atoms with van der Waals surface area (Å²) in [6.45, 7) is 5.74. The first-order valence-electron chi connectivity index (χ1n) is 9.78. The molecule has 2 N–H and O–H groups in total. The number of anilines is 1. The third-order valence-electron chi connectivity index (χ3n) is 5.55. The van der Waals surface area contributed by atoms with E-state index in [2.05, 4.69) is 28.1 Å². The summed E-state index contributed by atoms with van der Waals surface area (Å²) in [6.07, 6.45) is 8.40. The molecule has 0 bridgehead atoms. The molecule has 2 aromatic heterocycles. The second-order valence-electron chi connectivity index (χ2n) is 8.33. The minimum atomic E-state index is -1.11. The number of thiazole rings is 1. The normalized spacial score (nSPS) is 20.4. The fourth-order valence-corrected chi connectivity index (χ4v) is 4.44. The highest BCUT2D eigenvalue weighted by molar-refractivity contribution is 7.11. The molecule has 1 aromatic carbocycles. The van der Waals surface area contributed by atoms with Gasteiger partial charge < -0.3 is 10.4 Å². The molecular formula is C21H26N4O2S. The van der Waals surface area contributed by atoms with Crippen molar-refractivity contribution in [2.24, 2.45) is 5.92 Å². The highest BCUT2D eigenvalue weighted by atomic mass is 32.1. The maximum absolute atomic E-state index is 12.5. The number of aromatic nitrogens is 3. The van der Waals surface area contributed by atoms with E-state index in [4.69, 9.17) is 5.10 Å². The topological polar surface area (TPSA) is 80.0 Å². The van der Waals surface area contributed by atoms with Crippen LogP contribution < -0.4 is 5.32 Å². The largest absolute Gasteiger partial charge is 0.386 e. The van der Waals surface area contributed by atoms with Gasteiger partial charge in [-0.3, -0.25) is 9.48 Å². The quantitative estimate of drug-likeness (QED) is 0.666. The lowest BCUT2D eigenvalue weighted by Crippen LogP contribution is -2.21. The molecule has 0 spiro atoms. The monoisotopic (exact) mass is 398 g/mol. The summed E-state index contributed by atoms with van der Waals surface area (Å²) in [5.74, 6) is 0.518. The number of amides is 1. The van der Waals surface area contributed by atoms with Gasteiger partial charge in [0.2, 0.25) is 0 Å². The van der Waals surface area contributed by atoms with Crippen molar-refractivity contribution in [3.63, 3.8) is 0 Å². The first kappa shape index (κ1) is 19.1. The molecule has 1 aliphatic carbocycles. The summed E-state index contributed by atoms with van der Waals surface area (Å²) >= 11 is 1.29. The maximum Gasteiger partial charge on any atom is 0.284 e. The van der Waals surface area contributed by atoms with Gasteiger partial charge in [-0.2, -0.15) is 5.10 Å². The average Bonchev–Trinajstić information content (AvgIpc) is 3.30. The minimum Gasteiger partial charge on any atom is -0.386 e. The fourth-order valence-electron chi connectivity index (χ4n) is 3.91. The molecule has 0 atom stereocenters. The lowest BCUT2D eigenvalue weighted by Gasteiger charge is -2.26. The zero-order chi connectivity index (χ0) is 19.9. The van der Waals surface area contributed by atoms with Gasteiger partial charge in [-0.15, -0.1) is 11.3 Å². The van der Waals surface area contributed by atoms with Crippen LogP contribution in [0.15, 0.2) is 29.9 Å². The highest BCUT2D eigenvalue weighted by Gasteiger charge is 2.25. The third kappa shape index (κ3) is 3.82. The fraction of sp³-hybridized carbons (Fsp3) is 0.476. The van der Waals surface area contributed by atoms with Crippen LogP contribution in [0.2, 0.25) is 0 Å². The Bertz CT molecular complexity index is 980. The lowest BCUT2D eigenvalue weighted by molar-refractivity contribution is 0.0794. The van der Waals surface area contributed by atoms with E-state index in [1.807, 2.05) is 12.1 Å². The van der Waals surface area contributed by atoms with E-state index in [-0.39, 0.29) is 5.91 Å². The molecule has 0 saturated heterocycles. The lowest BCUT2D eigenvalue weighted by atomic mass is 9.87. The van der Waals surface area contributed by atoms with Crippen LogP contribution in [0.1, 0.15) is 67.9 Å². The van der Waals surface area contributed by atoms with Crippen LogP contribution in [-0.4, -0.2) is 25.8 Å². The van der Waals surface area contributed by atoms with Crippen LogP contribution in [0.5, 0.6) is 0 Å². The predicted octanol–water partition coefficient (Wildman–Crippen LogP) is 4.72. The number of hydrogen-bond donors (Lipinski definition) is 2. The Balaban J connectivity index is 1.70. The number of carbonyl (C=O) groups is 1. The number of benzene rings is 1. The average molecular weight is 399 g/mol. The Hall–Kier alpha value is -2.25. The van der Waals surface area contributed by atoms with Crippen LogP contribution in [-0.2, 0) is 5.60 Å².